The van der Waals surface area contributed by atoms with E-state index in [-0.39, 0.29) is 11.6 Å². The van der Waals surface area contributed by atoms with Crippen LogP contribution in [0.15, 0.2) is 62.2 Å². The van der Waals surface area contributed by atoms with E-state index in [4.69, 9.17) is 16.1 Å². The SMILES string of the molecule is Cc1cc2nc(CSc3nc4ccc(NC(=O)Nc5cccc(Cl)c5C)cc4s3)cc(=O)n2o1. The molecule has 5 aromatic rings. The Morgan fingerprint density at radius 3 is 2.85 bits per heavy atom. The Morgan fingerprint density at radius 2 is 2.00 bits per heavy atom. The molecular weight excluding hydrogens is 494 g/mol. The number of anilines is 2. The van der Waals surface area contributed by atoms with E-state index in [9.17, 15) is 9.59 Å². The number of aryl methyl sites for hydroxylation is 1. The van der Waals surface area contributed by atoms with Gasteiger partial charge in [-0.15, -0.1) is 15.9 Å². The van der Waals surface area contributed by atoms with Crippen molar-refractivity contribution in [1.29, 1.82) is 0 Å². The number of benzene rings is 2. The van der Waals surface area contributed by atoms with Gasteiger partial charge in [-0.2, -0.15) is 0 Å². The molecule has 11 heteroatoms. The topological polar surface area (TPSA) is 102 Å². The highest BCUT2D eigenvalue weighted by molar-refractivity contribution is 8.00. The Kier molecular flexibility index (Phi) is 6.03. The summed E-state index contributed by atoms with van der Waals surface area (Å²) < 4.78 is 8.29. The lowest BCUT2D eigenvalue weighted by Crippen LogP contribution is -2.19. The summed E-state index contributed by atoms with van der Waals surface area (Å²) >= 11 is 9.13. The highest BCUT2D eigenvalue weighted by atomic mass is 35.5. The molecule has 2 amide bonds. The van der Waals surface area contributed by atoms with Crippen molar-refractivity contribution < 1.29 is 9.32 Å². The van der Waals surface area contributed by atoms with Gasteiger partial charge in [0, 0.05) is 34.3 Å². The summed E-state index contributed by atoms with van der Waals surface area (Å²) in [7, 11) is 0. The van der Waals surface area contributed by atoms with Crippen LogP contribution in [0.2, 0.25) is 5.02 Å². The molecule has 0 aliphatic carbocycles. The lowest BCUT2D eigenvalue weighted by molar-refractivity contribution is 0.262. The number of urea groups is 1. The number of thiazole rings is 1. The molecule has 172 valence electrons. The number of nitrogens with zero attached hydrogens (tertiary/aromatic N) is 3. The van der Waals surface area contributed by atoms with Gasteiger partial charge in [-0.1, -0.05) is 29.4 Å². The summed E-state index contributed by atoms with van der Waals surface area (Å²) in [6.07, 6.45) is 0. The van der Waals surface area contributed by atoms with Gasteiger partial charge in [0.1, 0.15) is 5.76 Å². The van der Waals surface area contributed by atoms with E-state index >= 15 is 0 Å². The van der Waals surface area contributed by atoms with E-state index in [1.165, 1.54) is 33.7 Å². The minimum Gasteiger partial charge on any atom is -0.375 e. The van der Waals surface area contributed by atoms with Gasteiger partial charge in [0.05, 0.1) is 15.9 Å². The highest BCUT2D eigenvalue weighted by Gasteiger charge is 2.11. The van der Waals surface area contributed by atoms with Crippen LogP contribution in [-0.4, -0.2) is 20.6 Å². The van der Waals surface area contributed by atoms with Crippen LogP contribution < -0.4 is 16.2 Å². The standard InChI is InChI=1S/C23H18ClN5O3S2/c1-12-8-20-25-15(10-21(30)29(20)32-12)11-33-23-28-18-7-6-14(9-19(18)34-23)26-22(31)27-17-5-3-4-16(24)13(17)2/h3-10H,11H2,1-2H3,(H2,26,27,31). The molecule has 0 atom stereocenters. The molecule has 3 aromatic heterocycles. The molecule has 0 spiro atoms. The predicted octanol–water partition coefficient (Wildman–Crippen LogP) is 6.10. The minimum atomic E-state index is -0.355. The predicted molar refractivity (Wildman–Crippen MR) is 136 cm³/mol. The second kappa shape index (κ2) is 9.13. The Bertz CT molecular complexity index is 1610. The van der Waals surface area contributed by atoms with Gasteiger partial charge in [0.15, 0.2) is 9.99 Å². The Labute approximate surface area is 206 Å². The van der Waals surface area contributed by atoms with Gasteiger partial charge in [-0.05, 0) is 49.7 Å². The second-order valence-corrected chi connectivity index (χ2v) is 10.2. The maximum Gasteiger partial charge on any atom is 0.323 e. The number of nitrogens with one attached hydrogen (secondary N) is 2. The van der Waals surface area contributed by atoms with Crippen LogP contribution in [0.5, 0.6) is 0 Å². The number of thioether (sulfide) groups is 1. The summed E-state index contributed by atoms with van der Waals surface area (Å²) in [4.78, 5) is 33.8. The number of hydrogen-bond donors (Lipinski definition) is 2. The number of halogens is 1. The van der Waals surface area contributed by atoms with Crippen LogP contribution in [0, 0.1) is 13.8 Å². The zero-order valence-electron chi connectivity index (χ0n) is 18.1. The maximum absolute atomic E-state index is 12.4. The smallest absolute Gasteiger partial charge is 0.323 e. The summed E-state index contributed by atoms with van der Waals surface area (Å²) in [6, 6.07) is 13.8. The van der Waals surface area contributed by atoms with Crippen molar-refractivity contribution in [3.05, 3.63) is 80.9 Å². The van der Waals surface area contributed by atoms with Gasteiger partial charge in [0.25, 0.3) is 5.56 Å². The second-order valence-electron chi connectivity index (χ2n) is 7.53. The van der Waals surface area contributed by atoms with Crippen LogP contribution in [0.4, 0.5) is 16.2 Å². The molecule has 0 unspecified atom stereocenters. The van der Waals surface area contributed by atoms with Crippen molar-refractivity contribution in [2.24, 2.45) is 0 Å². The summed E-state index contributed by atoms with van der Waals surface area (Å²) in [5.41, 5.74) is 3.84. The first-order valence-electron chi connectivity index (χ1n) is 10.2. The quantitative estimate of drug-likeness (QED) is 0.276. The molecule has 0 aliphatic rings. The Hall–Kier alpha value is -3.34. The number of rotatable bonds is 5. The molecule has 0 aliphatic heterocycles. The number of hydrogen-bond acceptors (Lipinski definition) is 7. The van der Waals surface area contributed by atoms with Crippen molar-refractivity contribution in [3.63, 3.8) is 0 Å². The molecule has 8 nitrogen and oxygen atoms in total. The van der Waals surface area contributed by atoms with Crippen LogP contribution >= 0.6 is 34.7 Å². The van der Waals surface area contributed by atoms with Crippen molar-refractivity contribution in [3.8, 4) is 0 Å². The third-order valence-corrected chi connectivity index (χ3v) is 7.61. The number of amides is 2. The maximum atomic E-state index is 12.4. The van der Waals surface area contributed by atoms with Gasteiger partial charge < -0.3 is 15.2 Å². The van der Waals surface area contributed by atoms with Crippen molar-refractivity contribution in [2.75, 3.05) is 10.6 Å². The third kappa shape index (κ3) is 4.65. The number of carbonyl (C=O) groups excluding carboxylic acids is 1. The average Bonchev–Trinajstić information content (AvgIpc) is 3.37. The molecule has 0 saturated heterocycles. The van der Waals surface area contributed by atoms with Crippen LogP contribution in [-0.2, 0) is 5.75 Å². The fourth-order valence-corrected chi connectivity index (χ4v) is 5.53. The lowest BCUT2D eigenvalue weighted by Gasteiger charge is -2.10. The van der Waals surface area contributed by atoms with Gasteiger partial charge >= 0.3 is 6.03 Å². The molecule has 0 bridgehead atoms. The van der Waals surface area contributed by atoms with E-state index < -0.39 is 0 Å². The fourth-order valence-electron chi connectivity index (χ4n) is 3.35. The van der Waals surface area contributed by atoms with Crippen LogP contribution in [0.25, 0.3) is 15.9 Å². The zero-order chi connectivity index (χ0) is 23.8. The number of carbonyl (C=O) groups is 1. The fraction of sp³-hybridized carbons (Fsp3) is 0.130. The molecule has 0 radical (unpaired) electrons. The Balaban J connectivity index is 1.27. The normalized spacial score (nSPS) is 11.3. The highest BCUT2D eigenvalue weighted by Crippen LogP contribution is 2.33. The summed E-state index contributed by atoms with van der Waals surface area (Å²) in [6.45, 7) is 3.62. The van der Waals surface area contributed by atoms with Gasteiger partial charge in [-0.25, -0.2) is 14.8 Å². The average molecular weight is 512 g/mol. The van der Waals surface area contributed by atoms with E-state index in [1.54, 1.807) is 37.3 Å². The van der Waals surface area contributed by atoms with Crippen molar-refractivity contribution >= 4 is 68.0 Å². The van der Waals surface area contributed by atoms with Crippen molar-refractivity contribution in [2.45, 2.75) is 23.9 Å². The molecule has 5 rings (SSSR count). The first kappa shape index (κ1) is 22.5. The summed E-state index contributed by atoms with van der Waals surface area (Å²) in [5, 5.41) is 6.25. The largest absolute Gasteiger partial charge is 0.375 e. The molecule has 34 heavy (non-hydrogen) atoms. The van der Waals surface area contributed by atoms with E-state index in [0.717, 1.165) is 20.1 Å². The minimum absolute atomic E-state index is 0.250. The van der Waals surface area contributed by atoms with Gasteiger partial charge in [-0.3, -0.25) is 4.79 Å². The molecule has 0 saturated carbocycles. The zero-order valence-corrected chi connectivity index (χ0v) is 20.5. The molecule has 2 aromatic carbocycles. The van der Waals surface area contributed by atoms with Crippen LogP contribution in [0.1, 0.15) is 17.0 Å². The monoisotopic (exact) mass is 511 g/mol. The third-order valence-electron chi connectivity index (χ3n) is 5.01. The molecular formula is C23H18ClN5O3S2. The molecule has 2 N–H and O–H groups in total. The van der Waals surface area contributed by atoms with E-state index in [0.29, 0.717) is 39.3 Å². The summed E-state index contributed by atoms with van der Waals surface area (Å²) in [5.74, 6) is 1.13. The van der Waals surface area contributed by atoms with Gasteiger partial charge in [0.2, 0.25) is 0 Å². The first-order chi connectivity index (χ1) is 16.4. The number of fused-ring (bicyclic) bond motifs is 2. The lowest BCUT2D eigenvalue weighted by atomic mass is 10.2. The molecule has 0 fully saturated rings. The molecule has 3 heterocycles. The Morgan fingerprint density at radius 1 is 1.15 bits per heavy atom. The van der Waals surface area contributed by atoms with E-state index in [2.05, 4.69) is 20.6 Å². The van der Waals surface area contributed by atoms with Crippen LogP contribution in [0.3, 0.4) is 0 Å². The first-order valence-corrected chi connectivity index (χ1v) is 12.4. The number of aromatic nitrogens is 3. The van der Waals surface area contributed by atoms with Crippen molar-refractivity contribution in [1.82, 2.24) is 14.5 Å². The van der Waals surface area contributed by atoms with E-state index in [1.807, 2.05) is 19.1 Å².